The highest BCUT2D eigenvalue weighted by Crippen LogP contribution is 2.31. The highest BCUT2D eigenvalue weighted by atomic mass is 32.1. The molecule has 0 aliphatic carbocycles. The van der Waals surface area contributed by atoms with Gasteiger partial charge in [-0.2, -0.15) is 0 Å². The van der Waals surface area contributed by atoms with Gasteiger partial charge in [0.05, 0.1) is 10.2 Å². The SMILES string of the molecule is CNC(=O)C1CCN(C(=O)c2ccc(-c3nc4ccccc4s3)o2)CC1. The smallest absolute Gasteiger partial charge is 0.289 e. The van der Waals surface area contributed by atoms with Crippen LogP contribution in [0.15, 0.2) is 40.8 Å². The second-order valence-corrected chi connectivity index (χ2v) is 7.36. The van der Waals surface area contributed by atoms with Crippen molar-refractivity contribution in [2.75, 3.05) is 20.1 Å². The van der Waals surface area contributed by atoms with Gasteiger partial charge in [-0.15, -0.1) is 11.3 Å². The number of benzene rings is 1. The predicted octanol–water partition coefficient (Wildman–Crippen LogP) is 3.15. The van der Waals surface area contributed by atoms with E-state index < -0.39 is 0 Å². The van der Waals surface area contributed by atoms with E-state index in [1.54, 1.807) is 35.4 Å². The molecule has 2 amide bonds. The lowest BCUT2D eigenvalue weighted by molar-refractivity contribution is -0.125. The summed E-state index contributed by atoms with van der Waals surface area (Å²) in [5, 5.41) is 3.44. The van der Waals surface area contributed by atoms with Crippen molar-refractivity contribution in [2.45, 2.75) is 12.8 Å². The number of nitrogens with zero attached hydrogens (tertiary/aromatic N) is 2. The van der Waals surface area contributed by atoms with Crippen LogP contribution in [-0.4, -0.2) is 41.8 Å². The van der Waals surface area contributed by atoms with Gasteiger partial charge in [0.2, 0.25) is 5.91 Å². The molecule has 3 aromatic rings. The molecule has 6 nitrogen and oxygen atoms in total. The maximum atomic E-state index is 12.7. The van der Waals surface area contributed by atoms with Gasteiger partial charge in [-0.1, -0.05) is 12.1 Å². The van der Waals surface area contributed by atoms with Crippen molar-refractivity contribution in [1.82, 2.24) is 15.2 Å². The first kappa shape index (κ1) is 16.8. The number of furan rings is 1. The second kappa shape index (κ2) is 6.92. The van der Waals surface area contributed by atoms with Gasteiger partial charge in [-0.3, -0.25) is 9.59 Å². The molecule has 4 rings (SSSR count). The Hall–Kier alpha value is -2.67. The summed E-state index contributed by atoms with van der Waals surface area (Å²) in [7, 11) is 1.65. The Kier molecular flexibility index (Phi) is 4.46. The van der Waals surface area contributed by atoms with Crippen molar-refractivity contribution in [3.63, 3.8) is 0 Å². The topological polar surface area (TPSA) is 75.4 Å². The fourth-order valence-electron chi connectivity index (χ4n) is 3.25. The zero-order valence-electron chi connectivity index (χ0n) is 14.4. The van der Waals surface area contributed by atoms with Crippen LogP contribution in [0.4, 0.5) is 0 Å². The zero-order chi connectivity index (χ0) is 18.1. The van der Waals surface area contributed by atoms with Crippen molar-refractivity contribution in [3.8, 4) is 10.8 Å². The minimum Gasteiger partial charge on any atom is -0.448 e. The van der Waals surface area contributed by atoms with Crippen LogP contribution in [0.5, 0.6) is 0 Å². The van der Waals surface area contributed by atoms with Crippen molar-refractivity contribution in [3.05, 3.63) is 42.2 Å². The first-order valence-electron chi connectivity index (χ1n) is 8.62. The summed E-state index contributed by atoms with van der Waals surface area (Å²) in [5.41, 5.74) is 0.924. The van der Waals surface area contributed by atoms with Crippen molar-refractivity contribution in [1.29, 1.82) is 0 Å². The fourth-order valence-corrected chi connectivity index (χ4v) is 4.18. The number of hydrogen-bond donors (Lipinski definition) is 1. The van der Waals surface area contributed by atoms with Gasteiger partial charge < -0.3 is 14.6 Å². The average molecular weight is 369 g/mol. The number of fused-ring (bicyclic) bond motifs is 1. The Morgan fingerprint density at radius 1 is 1.19 bits per heavy atom. The van der Waals surface area contributed by atoms with Crippen LogP contribution >= 0.6 is 11.3 Å². The summed E-state index contributed by atoms with van der Waals surface area (Å²) in [6.07, 6.45) is 1.35. The molecule has 1 saturated heterocycles. The highest BCUT2D eigenvalue weighted by molar-refractivity contribution is 7.21. The van der Waals surface area contributed by atoms with Crippen LogP contribution in [0.1, 0.15) is 23.4 Å². The molecule has 0 saturated carbocycles. The molecule has 0 atom stereocenters. The third-order valence-electron chi connectivity index (χ3n) is 4.72. The fraction of sp³-hybridized carbons (Fsp3) is 0.316. The molecule has 0 unspecified atom stereocenters. The number of para-hydroxylation sites is 1. The maximum Gasteiger partial charge on any atom is 0.289 e. The van der Waals surface area contributed by atoms with E-state index in [0.29, 0.717) is 37.5 Å². The summed E-state index contributed by atoms with van der Waals surface area (Å²) in [5.74, 6) is 0.826. The third kappa shape index (κ3) is 3.10. The first-order chi connectivity index (χ1) is 12.7. The standard InChI is InChI=1S/C19H19N3O3S/c1-20-17(23)12-8-10-22(11-9-12)19(24)15-7-6-14(25-15)18-21-13-4-2-3-5-16(13)26-18/h2-7,12H,8-11H2,1H3,(H,20,23). The van der Waals surface area contributed by atoms with E-state index in [4.69, 9.17) is 4.42 Å². The molecule has 2 aromatic heterocycles. The molecule has 26 heavy (non-hydrogen) atoms. The van der Waals surface area contributed by atoms with Gasteiger partial charge >= 0.3 is 0 Å². The molecular formula is C19H19N3O3S. The zero-order valence-corrected chi connectivity index (χ0v) is 15.2. The summed E-state index contributed by atoms with van der Waals surface area (Å²) < 4.78 is 6.87. The molecule has 1 N–H and O–H groups in total. The van der Waals surface area contributed by atoms with Crippen molar-refractivity contribution >= 4 is 33.4 Å². The molecule has 0 spiro atoms. The Morgan fingerprint density at radius 2 is 1.96 bits per heavy atom. The van der Waals surface area contributed by atoms with Crippen LogP contribution in [0.3, 0.4) is 0 Å². The van der Waals surface area contributed by atoms with Gasteiger partial charge in [0, 0.05) is 26.1 Å². The molecule has 1 aliphatic heterocycles. The lowest BCUT2D eigenvalue weighted by Gasteiger charge is -2.30. The normalized spacial score (nSPS) is 15.3. The number of carbonyl (C=O) groups is 2. The number of carbonyl (C=O) groups excluding carboxylic acids is 2. The summed E-state index contributed by atoms with van der Waals surface area (Å²) in [6.45, 7) is 1.13. The van der Waals surface area contributed by atoms with Gasteiger partial charge in [-0.05, 0) is 37.1 Å². The molecule has 0 bridgehead atoms. The van der Waals surface area contributed by atoms with Gasteiger partial charge in [0.15, 0.2) is 16.5 Å². The Balaban J connectivity index is 1.47. The summed E-state index contributed by atoms with van der Waals surface area (Å²) in [6, 6.07) is 11.4. The molecule has 1 fully saturated rings. The van der Waals surface area contributed by atoms with Crippen LogP contribution in [-0.2, 0) is 4.79 Å². The van der Waals surface area contributed by atoms with E-state index in [1.807, 2.05) is 24.3 Å². The number of thiazole rings is 1. The number of hydrogen-bond acceptors (Lipinski definition) is 5. The first-order valence-corrected chi connectivity index (χ1v) is 9.44. The van der Waals surface area contributed by atoms with E-state index >= 15 is 0 Å². The lowest BCUT2D eigenvalue weighted by Crippen LogP contribution is -2.42. The van der Waals surface area contributed by atoms with Crippen molar-refractivity contribution < 1.29 is 14.0 Å². The number of piperidine rings is 1. The molecule has 134 valence electrons. The van der Waals surface area contributed by atoms with Crippen molar-refractivity contribution in [2.24, 2.45) is 5.92 Å². The molecule has 7 heteroatoms. The number of likely N-dealkylation sites (tertiary alicyclic amines) is 1. The largest absolute Gasteiger partial charge is 0.448 e. The van der Waals surface area contributed by atoms with Gasteiger partial charge in [-0.25, -0.2) is 4.98 Å². The Labute approximate surface area is 154 Å². The van der Waals surface area contributed by atoms with Crippen LogP contribution in [0, 0.1) is 5.92 Å². The Morgan fingerprint density at radius 3 is 2.69 bits per heavy atom. The maximum absolute atomic E-state index is 12.7. The van der Waals surface area contributed by atoms with E-state index in [9.17, 15) is 9.59 Å². The summed E-state index contributed by atoms with van der Waals surface area (Å²) >= 11 is 1.54. The summed E-state index contributed by atoms with van der Waals surface area (Å²) in [4.78, 5) is 30.7. The number of aromatic nitrogens is 1. The molecule has 1 aromatic carbocycles. The van der Waals surface area contributed by atoms with E-state index in [1.165, 1.54) is 0 Å². The van der Waals surface area contributed by atoms with E-state index in [2.05, 4.69) is 10.3 Å². The predicted molar refractivity (Wildman–Crippen MR) is 100 cm³/mol. The molecule has 1 aliphatic rings. The van der Waals surface area contributed by atoms with Crippen LogP contribution in [0.2, 0.25) is 0 Å². The third-order valence-corrected chi connectivity index (χ3v) is 5.77. The molecule has 3 heterocycles. The minimum absolute atomic E-state index is 0.0149. The quantitative estimate of drug-likeness (QED) is 0.769. The average Bonchev–Trinajstić information content (AvgIpc) is 3.33. The number of rotatable bonds is 3. The lowest BCUT2D eigenvalue weighted by atomic mass is 9.96. The molecule has 0 radical (unpaired) electrons. The van der Waals surface area contributed by atoms with Crippen LogP contribution < -0.4 is 5.32 Å². The van der Waals surface area contributed by atoms with E-state index in [-0.39, 0.29) is 17.7 Å². The van der Waals surface area contributed by atoms with Gasteiger partial charge in [0.1, 0.15) is 0 Å². The van der Waals surface area contributed by atoms with Crippen LogP contribution in [0.25, 0.3) is 21.0 Å². The monoisotopic (exact) mass is 369 g/mol. The molecular weight excluding hydrogens is 350 g/mol. The second-order valence-electron chi connectivity index (χ2n) is 6.33. The highest BCUT2D eigenvalue weighted by Gasteiger charge is 2.28. The minimum atomic E-state index is -0.132. The van der Waals surface area contributed by atoms with Gasteiger partial charge in [0.25, 0.3) is 5.91 Å². The number of nitrogens with one attached hydrogen (secondary N) is 1. The number of amides is 2. The Bertz CT molecular complexity index is 921. The van der Waals surface area contributed by atoms with E-state index in [0.717, 1.165) is 15.2 Å².